The van der Waals surface area contributed by atoms with Crippen LogP contribution < -0.4 is 5.14 Å². The summed E-state index contributed by atoms with van der Waals surface area (Å²) in [7, 11) is -3.57. The molecule has 1 aliphatic heterocycles. The van der Waals surface area contributed by atoms with E-state index in [2.05, 4.69) is 5.10 Å². The molecule has 2 aromatic rings. The van der Waals surface area contributed by atoms with Crippen molar-refractivity contribution >= 4 is 15.9 Å². The highest BCUT2D eigenvalue weighted by Gasteiger charge is 2.28. The monoisotopic (exact) mass is 366 g/mol. The summed E-state index contributed by atoms with van der Waals surface area (Å²) in [5, 5.41) is 9.26. The number of carbonyl (C=O) groups excluding carboxylic acids is 1. The summed E-state index contributed by atoms with van der Waals surface area (Å²) in [5.41, 5.74) is 0.451. The summed E-state index contributed by atoms with van der Waals surface area (Å²) in [5.74, 6) is -1.05. The smallest absolute Gasteiger partial charge is 0.274 e. The Morgan fingerprint density at radius 1 is 1.32 bits per heavy atom. The number of aromatic nitrogens is 2. The number of nitrogens with two attached hydrogens (primary N) is 1. The van der Waals surface area contributed by atoms with Crippen molar-refractivity contribution in [3.63, 3.8) is 0 Å². The van der Waals surface area contributed by atoms with Gasteiger partial charge in [-0.3, -0.25) is 4.79 Å². The van der Waals surface area contributed by atoms with Crippen molar-refractivity contribution in [3.05, 3.63) is 48.0 Å². The van der Waals surface area contributed by atoms with Gasteiger partial charge in [0.2, 0.25) is 10.0 Å². The van der Waals surface area contributed by atoms with Crippen LogP contribution in [-0.2, 0) is 10.0 Å². The first-order valence-electron chi connectivity index (χ1n) is 7.94. The Bertz CT molecular complexity index is 881. The van der Waals surface area contributed by atoms with Gasteiger partial charge in [0.1, 0.15) is 11.5 Å². The van der Waals surface area contributed by atoms with Gasteiger partial charge in [-0.15, -0.1) is 0 Å². The van der Waals surface area contributed by atoms with Crippen LogP contribution in [0, 0.1) is 11.7 Å². The van der Waals surface area contributed by atoms with Crippen LogP contribution in [0.2, 0.25) is 0 Å². The van der Waals surface area contributed by atoms with Crippen LogP contribution in [0.4, 0.5) is 4.39 Å². The van der Waals surface area contributed by atoms with Crippen LogP contribution in [-0.4, -0.2) is 47.8 Å². The Hall–Kier alpha value is -2.26. The highest BCUT2D eigenvalue weighted by atomic mass is 32.2. The molecule has 1 aromatic carbocycles. The Kier molecular flexibility index (Phi) is 4.87. The molecule has 1 aliphatic rings. The normalized spacial score (nSPS) is 18.3. The molecule has 1 amide bonds. The molecule has 0 radical (unpaired) electrons. The third kappa shape index (κ3) is 4.23. The van der Waals surface area contributed by atoms with Crippen molar-refractivity contribution in [1.29, 1.82) is 0 Å². The minimum atomic E-state index is -3.57. The van der Waals surface area contributed by atoms with E-state index in [1.54, 1.807) is 23.1 Å². The molecule has 7 nitrogen and oxygen atoms in total. The number of para-hydroxylation sites is 1. The van der Waals surface area contributed by atoms with Gasteiger partial charge in [0, 0.05) is 19.3 Å². The van der Waals surface area contributed by atoms with E-state index in [9.17, 15) is 17.6 Å². The quantitative estimate of drug-likeness (QED) is 0.878. The van der Waals surface area contributed by atoms with E-state index in [4.69, 9.17) is 5.14 Å². The minimum Gasteiger partial charge on any atom is -0.337 e. The molecule has 2 N–H and O–H groups in total. The predicted molar refractivity (Wildman–Crippen MR) is 90.1 cm³/mol. The Morgan fingerprint density at radius 3 is 2.80 bits per heavy atom. The number of rotatable bonds is 4. The summed E-state index contributed by atoms with van der Waals surface area (Å²) in [6.07, 6.45) is 2.95. The number of carbonyl (C=O) groups is 1. The van der Waals surface area contributed by atoms with Crippen LogP contribution in [0.25, 0.3) is 5.69 Å². The molecule has 25 heavy (non-hydrogen) atoms. The molecule has 0 bridgehead atoms. The first kappa shape index (κ1) is 17.6. The molecule has 1 fully saturated rings. The standard InChI is InChI=1S/C16H19FN4O3S/c17-13-5-1-2-6-15(13)21-9-7-14(19-21)16(22)20-8-3-4-12(10-20)11-25(18,23)24/h1-2,5-7,9,12H,3-4,8,10-11H2,(H2,18,23,24)/t12-/m1/s1. The van der Waals surface area contributed by atoms with E-state index in [0.29, 0.717) is 25.9 Å². The fourth-order valence-electron chi connectivity index (χ4n) is 3.09. The van der Waals surface area contributed by atoms with E-state index >= 15 is 0 Å². The number of piperidine rings is 1. The van der Waals surface area contributed by atoms with Gasteiger partial charge in [0.05, 0.1) is 5.75 Å². The first-order chi connectivity index (χ1) is 11.8. The summed E-state index contributed by atoms with van der Waals surface area (Å²) >= 11 is 0. The van der Waals surface area contributed by atoms with Gasteiger partial charge < -0.3 is 4.90 Å². The topological polar surface area (TPSA) is 98.3 Å². The largest absolute Gasteiger partial charge is 0.337 e. The van der Waals surface area contributed by atoms with E-state index in [1.807, 2.05) is 0 Å². The van der Waals surface area contributed by atoms with Crippen molar-refractivity contribution in [2.45, 2.75) is 12.8 Å². The number of halogens is 1. The third-order valence-electron chi connectivity index (χ3n) is 4.18. The van der Waals surface area contributed by atoms with Gasteiger partial charge in [-0.2, -0.15) is 5.10 Å². The lowest BCUT2D eigenvalue weighted by Crippen LogP contribution is -2.42. The second kappa shape index (κ2) is 6.93. The van der Waals surface area contributed by atoms with Crippen molar-refractivity contribution in [2.75, 3.05) is 18.8 Å². The number of sulfonamides is 1. The molecule has 0 aliphatic carbocycles. The molecule has 0 spiro atoms. The van der Waals surface area contributed by atoms with Gasteiger partial charge in [0.15, 0.2) is 5.69 Å². The third-order valence-corrected chi connectivity index (χ3v) is 5.12. The lowest BCUT2D eigenvalue weighted by Gasteiger charge is -2.31. The van der Waals surface area contributed by atoms with Crippen LogP contribution in [0.15, 0.2) is 36.5 Å². The number of hydrogen-bond acceptors (Lipinski definition) is 4. The maximum atomic E-state index is 13.8. The van der Waals surface area contributed by atoms with E-state index in [-0.39, 0.29) is 29.0 Å². The van der Waals surface area contributed by atoms with Gasteiger partial charge in [0.25, 0.3) is 5.91 Å². The van der Waals surface area contributed by atoms with Crippen molar-refractivity contribution in [3.8, 4) is 5.69 Å². The Labute approximate surface area is 145 Å². The van der Waals surface area contributed by atoms with Crippen molar-refractivity contribution in [2.24, 2.45) is 11.1 Å². The van der Waals surface area contributed by atoms with E-state index in [1.165, 1.54) is 23.0 Å². The van der Waals surface area contributed by atoms with Crippen LogP contribution in [0.1, 0.15) is 23.3 Å². The molecular weight excluding hydrogens is 347 g/mol. The van der Waals surface area contributed by atoms with Gasteiger partial charge in [-0.25, -0.2) is 22.6 Å². The molecule has 0 unspecified atom stereocenters. The molecule has 3 rings (SSSR count). The van der Waals surface area contributed by atoms with Gasteiger partial charge in [-0.1, -0.05) is 12.1 Å². The van der Waals surface area contributed by atoms with Crippen LogP contribution in [0.5, 0.6) is 0 Å². The number of nitrogens with zero attached hydrogens (tertiary/aromatic N) is 3. The number of benzene rings is 1. The minimum absolute atomic E-state index is 0.138. The van der Waals surface area contributed by atoms with Gasteiger partial charge in [-0.05, 0) is 37.0 Å². The average Bonchev–Trinajstić information content (AvgIpc) is 3.03. The molecule has 1 aromatic heterocycles. The van der Waals surface area contributed by atoms with Crippen molar-refractivity contribution in [1.82, 2.24) is 14.7 Å². The maximum absolute atomic E-state index is 13.8. The average molecular weight is 366 g/mol. The lowest BCUT2D eigenvalue weighted by atomic mass is 10.00. The SMILES string of the molecule is NS(=O)(=O)C[C@@H]1CCCN(C(=O)c2ccn(-c3ccccc3F)n2)C1. The maximum Gasteiger partial charge on any atom is 0.274 e. The zero-order valence-corrected chi connectivity index (χ0v) is 14.3. The summed E-state index contributed by atoms with van der Waals surface area (Å²) in [6, 6.07) is 7.68. The molecule has 1 atom stereocenters. The predicted octanol–water partition coefficient (Wildman–Crippen LogP) is 1.15. The Morgan fingerprint density at radius 2 is 2.08 bits per heavy atom. The second-order valence-electron chi connectivity index (χ2n) is 6.19. The molecule has 2 heterocycles. The zero-order valence-electron chi connectivity index (χ0n) is 13.5. The first-order valence-corrected chi connectivity index (χ1v) is 9.65. The van der Waals surface area contributed by atoms with Crippen LogP contribution >= 0.6 is 0 Å². The number of primary sulfonamides is 1. The molecule has 0 saturated carbocycles. The van der Waals surface area contributed by atoms with E-state index in [0.717, 1.165) is 0 Å². The number of likely N-dealkylation sites (tertiary alicyclic amines) is 1. The van der Waals surface area contributed by atoms with Gasteiger partial charge >= 0.3 is 0 Å². The molecule has 1 saturated heterocycles. The second-order valence-corrected chi connectivity index (χ2v) is 7.84. The zero-order chi connectivity index (χ0) is 18.0. The lowest BCUT2D eigenvalue weighted by molar-refractivity contribution is 0.0678. The summed E-state index contributed by atoms with van der Waals surface area (Å²) in [4.78, 5) is 14.2. The fraction of sp³-hybridized carbons (Fsp3) is 0.375. The highest BCUT2D eigenvalue weighted by Crippen LogP contribution is 2.20. The molecular formula is C16H19FN4O3S. The van der Waals surface area contributed by atoms with E-state index < -0.39 is 15.8 Å². The fourth-order valence-corrected chi connectivity index (χ4v) is 4.01. The Balaban J connectivity index is 1.74. The molecule has 134 valence electrons. The van der Waals surface area contributed by atoms with Crippen LogP contribution in [0.3, 0.4) is 0 Å². The molecule has 9 heteroatoms. The number of amides is 1. The summed E-state index contributed by atoms with van der Waals surface area (Å²) in [6.45, 7) is 0.855. The highest BCUT2D eigenvalue weighted by molar-refractivity contribution is 7.89. The summed E-state index contributed by atoms with van der Waals surface area (Å²) < 4.78 is 37.7. The van der Waals surface area contributed by atoms with Crippen molar-refractivity contribution < 1.29 is 17.6 Å². The number of hydrogen-bond donors (Lipinski definition) is 1.